The lowest BCUT2D eigenvalue weighted by Crippen LogP contribution is -1.95. The highest BCUT2D eigenvalue weighted by Gasteiger charge is 2.19. The quantitative estimate of drug-likeness (QED) is 0.211. The minimum atomic E-state index is 0.902. The zero-order chi connectivity index (χ0) is 28.1. The van der Waals surface area contributed by atoms with Crippen molar-refractivity contribution in [1.82, 2.24) is 9.13 Å². The van der Waals surface area contributed by atoms with Crippen LogP contribution in [0.25, 0.3) is 87.7 Å². The van der Waals surface area contributed by atoms with Gasteiger partial charge in [0.2, 0.25) is 0 Å². The van der Waals surface area contributed by atoms with Crippen LogP contribution in [0.1, 0.15) is 0 Å². The molecule has 10 rings (SSSR count). The van der Waals surface area contributed by atoms with Crippen molar-refractivity contribution in [3.05, 3.63) is 146 Å². The Labute approximate surface area is 246 Å². The predicted molar refractivity (Wildman–Crippen MR) is 180 cm³/mol. The summed E-state index contributed by atoms with van der Waals surface area (Å²) in [6, 6.07) is 52.4. The van der Waals surface area contributed by atoms with E-state index in [-0.39, 0.29) is 0 Å². The van der Waals surface area contributed by atoms with Crippen molar-refractivity contribution >= 4 is 76.3 Å². The van der Waals surface area contributed by atoms with Gasteiger partial charge in [-0.3, -0.25) is 0 Å². The lowest BCUT2D eigenvalue weighted by Gasteiger charge is -2.11. The standard InChI is InChI=1S/C40H24N2O/c1-2-10-26(11-3-1)42-36-16-8-4-12-28(36)32-20-18-25-22-37-34(24-33(25)40(32)42)29-13-5-7-15-35(29)41(37)27-19-21-31-30-14-6-9-17-38(30)43-39(31)23-27/h1-24H. The molecule has 0 atom stereocenters. The van der Waals surface area contributed by atoms with E-state index in [1.807, 2.05) is 12.1 Å². The van der Waals surface area contributed by atoms with Crippen LogP contribution >= 0.6 is 0 Å². The van der Waals surface area contributed by atoms with Crippen LogP contribution in [0.3, 0.4) is 0 Å². The van der Waals surface area contributed by atoms with Crippen molar-refractivity contribution in [2.24, 2.45) is 0 Å². The van der Waals surface area contributed by atoms with E-state index < -0.39 is 0 Å². The number of hydrogen-bond donors (Lipinski definition) is 0. The third-order valence-electron chi connectivity index (χ3n) is 9.08. The van der Waals surface area contributed by atoms with Gasteiger partial charge in [-0.15, -0.1) is 0 Å². The molecule has 3 heteroatoms. The molecule has 0 aliphatic rings. The van der Waals surface area contributed by atoms with Crippen LogP contribution in [-0.4, -0.2) is 9.13 Å². The van der Waals surface area contributed by atoms with Gasteiger partial charge in [-0.1, -0.05) is 84.9 Å². The third kappa shape index (κ3) is 3.08. The lowest BCUT2D eigenvalue weighted by atomic mass is 10.0. The van der Waals surface area contributed by atoms with Crippen LogP contribution in [-0.2, 0) is 0 Å². The summed E-state index contributed by atoms with van der Waals surface area (Å²) in [6.45, 7) is 0. The molecule has 0 radical (unpaired) electrons. The molecule has 0 N–H and O–H groups in total. The van der Waals surface area contributed by atoms with Crippen LogP contribution in [0.4, 0.5) is 0 Å². The summed E-state index contributed by atoms with van der Waals surface area (Å²) in [6.07, 6.45) is 0. The van der Waals surface area contributed by atoms with Gasteiger partial charge in [0.1, 0.15) is 11.2 Å². The van der Waals surface area contributed by atoms with E-state index in [1.165, 1.54) is 60.1 Å². The summed E-state index contributed by atoms with van der Waals surface area (Å²) >= 11 is 0. The first-order valence-electron chi connectivity index (χ1n) is 14.7. The topological polar surface area (TPSA) is 23.0 Å². The smallest absolute Gasteiger partial charge is 0.137 e. The fraction of sp³-hybridized carbons (Fsp3) is 0. The fourth-order valence-corrected chi connectivity index (χ4v) is 7.22. The molecule has 0 amide bonds. The number of nitrogens with zero attached hydrogens (tertiary/aromatic N) is 2. The van der Waals surface area contributed by atoms with Crippen molar-refractivity contribution in [1.29, 1.82) is 0 Å². The van der Waals surface area contributed by atoms with Gasteiger partial charge in [-0.05, 0) is 60.0 Å². The van der Waals surface area contributed by atoms with E-state index in [0.717, 1.165) is 27.6 Å². The molecule has 0 spiro atoms. The van der Waals surface area contributed by atoms with Crippen molar-refractivity contribution in [2.45, 2.75) is 0 Å². The molecule has 7 aromatic carbocycles. The van der Waals surface area contributed by atoms with Gasteiger partial charge in [0, 0.05) is 55.1 Å². The van der Waals surface area contributed by atoms with E-state index in [2.05, 4.69) is 143 Å². The Morgan fingerprint density at radius 1 is 0.349 bits per heavy atom. The molecule has 0 saturated heterocycles. The highest BCUT2D eigenvalue weighted by atomic mass is 16.3. The highest BCUT2D eigenvalue weighted by Crippen LogP contribution is 2.41. The number of hydrogen-bond acceptors (Lipinski definition) is 1. The number of fused-ring (bicyclic) bond motifs is 11. The maximum absolute atomic E-state index is 6.30. The highest BCUT2D eigenvalue weighted by molar-refractivity contribution is 6.23. The molecule has 10 aromatic rings. The molecule has 3 nitrogen and oxygen atoms in total. The molecule has 200 valence electrons. The van der Waals surface area contributed by atoms with Crippen molar-refractivity contribution in [2.75, 3.05) is 0 Å². The average molecular weight is 549 g/mol. The maximum Gasteiger partial charge on any atom is 0.137 e. The molecular formula is C40H24N2O. The summed E-state index contributed by atoms with van der Waals surface area (Å²) < 4.78 is 11.1. The Balaban J connectivity index is 1.33. The SMILES string of the molecule is c1ccc(-n2c3ccccc3c3ccc4cc5c(cc4c32)c2ccccc2n5-c2ccc3c(c2)oc2ccccc23)cc1. The molecule has 43 heavy (non-hydrogen) atoms. The first kappa shape index (κ1) is 22.8. The number of aromatic nitrogens is 2. The van der Waals surface area contributed by atoms with E-state index in [0.29, 0.717) is 0 Å². The molecule has 0 aliphatic carbocycles. The van der Waals surface area contributed by atoms with E-state index in [4.69, 9.17) is 4.42 Å². The van der Waals surface area contributed by atoms with Crippen LogP contribution in [0, 0.1) is 0 Å². The maximum atomic E-state index is 6.30. The first-order valence-corrected chi connectivity index (χ1v) is 14.7. The normalized spacial score (nSPS) is 12.2. The van der Waals surface area contributed by atoms with Crippen LogP contribution < -0.4 is 0 Å². The monoisotopic (exact) mass is 548 g/mol. The van der Waals surface area contributed by atoms with E-state index in [1.54, 1.807) is 0 Å². The molecule has 3 heterocycles. The largest absolute Gasteiger partial charge is 0.456 e. The predicted octanol–water partition coefficient (Wildman–Crippen LogP) is 10.9. The summed E-state index contributed by atoms with van der Waals surface area (Å²) in [5, 5.41) is 9.77. The summed E-state index contributed by atoms with van der Waals surface area (Å²) in [7, 11) is 0. The minimum absolute atomic E-state index is 0.902. The second-order valence-electron chi connectivity index (χ2n) is 11.4. The van der Waals surface area contributed by atoms with Gasteiger partial charge in [0.25, 0.3) is 0 Å². The van der Waals surface area contributed by atoms with Crippen molar-refractivity contribution in [3.8, 4) is 11.4 Å². The van der Waals surface area contributed by atoms with Crippen LogP contribution in [0.15, 0.2) is 150 Å². The number of para-hydroxylation sites is 4. The minimum Gasteiger partial charge on any atom is -0.456 e. The van der Waals surface area contributed by atoms with Gasteiger partial charge in [0.05, 0.1) is 22.1 Å². The van der Waals surface area contributed by atoms with E-state index in [9.17, 15) is 0 Å². The number of rotatable bonds is 2. The van der Waals surface area contributed by atoms with Gasteiger partial charge in [0.15, 0.2) is 0 Å². The molecule has 0 saturated carbocycles. The summed E-state index contributed by atoms with van der Waals surface area (Å²) in [5.74, 6) is 0. The third-order valence-corrected chi connectivity index (χ3v) is 9.08. The molecule has 0 fully saturated rings. The molecular weight excluding hydrogens is 524 g/mol. The molecule has 0 aliphatic heterocycles. The van der Waals surface area contributed by atoms with Gasteiger partial charge < -0.3 is 13.6 Å². The van der Waals surface area contributed by atoms with Crippen LogP contribution in [0.5, 0.6) is 0 Å². The number of furan rings is 1. The zero-order valence-electron chi connectivity index (χ0n) is 23.2. The second-order valence-corrected chi connectivity index (χ2v) is 11.4. The molecule has 3 aromatic heterocycles. The lowest BCUT2D eigenvalue weighted by molar-refractivity contribution is 0.668. The van der Waals surface area contributed by atoms with E-state index >= 15 is 0 Å². The van der Waals surface area contributed by atoms with Gasteiger partial charge in [-0.25, -0.2) is 0 Å². The van der Waals surface area contributed by atoms with Gasteiger partial charge in [-0.2, -0.15) is 0 Å². The Bertz CT molecular complexity index is 2720. The first-order chi connectivity index (χ1) is 21.3. The average Bonchev–Trinajstić information content (AvgIpc) is 3.71. The Morgan fingerprint density at radius 2 is 1.00 bits per heavy atom. The van der Waals surface area contributed by atoms with Crippen molar-refractivity contribution < 1.29 is 4.42 Å². The van der Waals surface area contributed by atoms with Crippen LogP contribution in [0.2, 0.25) is 0 Å². The van der Waals surface area contributed by atoms with Crippen molar-refractivity contribution in [3.63, 3.8) is 0 Å². The Morgan fingerprint density at radius 3 is 1.84 bits per heavy atom. The summed E-state index contributed by atoms with van der Waals surface area (Å²) in [5.41, 5.74) is 8.92. The zero-order valence-corrected chi connectivity index (χ0v) is 23.2. The Kier molecular flexibility index (Phi) is 4.45. The summed E-state index contributed by atoms with van der Waals surface area (Å²) in [4.78, 5) is 0. The van der Waals surface area contributed by atoms with Gasteiger partial charge >= 0.3 is 0 Å². The Hall–Kier alpha value is -5.80. The second kappa shape index (κ2) is 8.37. The molecule has 0 bridgehead atoms. The molecule has 0 unspecified atom stereocenters. The fourth-order valence-electron chi connectivity index (χ4n) is 7.22. The number of benzene rings is 7.